The summed E-state index contributed by atoms with van der Waals surface area (Å²) in [4.78, 5) is 0. The summed E-state index contributed by atoms with van der Waals surface area (Å²) in [6.07, 6.45) is 0. The largest absolute Gasteiger partial charge is 0.492 e. The third kappa shape index (κ3) is 4.61. The zero-order valence-corrected chi connectivity index (χ0v) is 15.8. The summed E-state index contributed by atoms with van der Waals surface area (Å²) in [6.45, 7) is 14.2. The molecule has 0 aliphatic heterocycles. The highest BCUT2D eigenvalue weighted by atomic mass is 19.1. The maximum Gasteiger partial charge on any atom is 0.148 e. The summed E-state index contributed by atoms with van der Waals surface area (Å²) in [5, 5.41) is 10.6. The molecule has 2 aromatic carbocycles. The zero-order valence-electron chi connectivity index (χ0n) is 15.8. The Morgan fingerprint density at radius 1 is 1.17 bits per heavy atom. The first-order chi connectivity index (χ1) is 11.5. The van der Waals surface area contributed by atoms with E-state index >= 15 is 0 Å². The number of halogens is 1. The molecule has 0 unspecified atom stereocenters. The van der Waals surface area contributed by atoms with E-state index in [9.17, 15) is 9.65 Å². The first-order valence-electron chi connectivity index (χ1n) is 8.58. The maximum atomic E-state index is 14.0. The van der Waals surface area contributed by atoms with E-state index < -0.39 is 5.82 Å². The Morgan fingerprint density at radius 3 is 2.21 bits per heavy atom. The highest BCUT2D eigenvalue weighted by molar-refractivity contribution is 5.96. The fourth-order valence-electron chi connectivity index (χ4n) is 2.38. The Labute approximate surface area is 145 Å². The molecular weight excluding hydrogens is 303 g/mol. The highest BCUT2D eigenvalue weighted by Crippen LogP contribution is 2.38. The topological polar surface area (TPSA) is 59.0 Å². The number of nitrogens with two attached hydrogens (primary N) is 1. The molecule has 0 aliphatic rings. The number of nitrogens with zero attached hydrogens (tertiary/aromatic N) is 1. The molecular formula is C20H29FN2O. The van der Waals surface area contributed by atoms with Crippen LogP contribution in [0, 0.1) is 17.1 Å². The van der Waals surface area contributed by atoms with E-state index in [0.29, 0.717) is 23.4 Å². The molecule has 0 amide bonds. The Morgan fingerprint density at radius 2 is 1.75 bits per heavy atom. The Bertz CT molecular complexity index is 703. The minimum Gasteiger partial charge on any atom is -0.492 e. The minimum atomic E-state index is -0.580. The van der Waals surface area contributed by atoms with Gasteiger partial charge in [0, 0.05) is 11.1 Å². The van der Waals surface area contributed by atoms with Crippen molar-refractivity contribution in [3.05, 3.63) is 35.1 Å². The van der Waals surface area contributed by atoms with Crippen molar-refractivity contribution in [2.45, 2.75) is 54.4 Å². The molecule has 3 nitrogen and oxygen atoms in total. The number of rotatable bonds is 3. The summed E-state index contributed by atoms with van der Waals surface area (Å²) in [6, 6.07) is 6.79. The van der Waals surface area contributed by atoms with Gasteiger partial charge in [0.2, 0.25) is 0 Å². The molecule has 0 radical (unpaired) electrons. The van der Waals surface area contributed by atoms with Crippen LogP contribution in [0.25, 0.3) is 10.8 Å². The molecule has 2 N–H and O–H groups in total. The van der Waals surface area contributed by atoms with Crippen LogP contribution in [0.5, 0.6) is 5.75 Å². The quantitative estimate of drug-likeness (QED) is 0.700. The van der Waals surface area contributed by atoms with Crippen LogP contribution in [0.15, 0.2) is 18.2 Å². The molecule has 0 atom stereocenters. The number of nitriles is 1. The van der Waals surface area contributed by atoms with Gasteiger partial charge in [-0.3, -0.25) is 0 Å². The van der Waals surface area contributed by atoms with Crippen LogP contribution < -0.4 is 10.5 Å². The third-order valence-corrected chi connectivity index (χ3v) is 3.22. The number of fused-ring (bicyclic) bond motifs is 1. The molecule has 2 aromatic rings. The molecule has 0 spiro atoms. The van der Waals surface area contributed by atoms with Gasteiger partial charge in [-0.1, -0.05) is 41.5 Å². The van der Waals surface area contributed by atoms with Crippen molar-refractivity contribution in [1.82, 2.24) is 0 Å². The van der Waals surface area contributed by atoms with Crippen LogP contribution in [-0.2, 0) is 0 Å². The number of anilines is 1. The Balaban J connectivity index is 0.00000123. The van der Waals surface area contributed by atoms with Gasteiger partial charge in [0.25, 0.3) is 0 Å². The fraction of sp³-hybridized carbons (Fsp3) is 0.450. The van der Waals surface area contributed by atoms with Gasteiger partial charge in [0.15, 0.2) is 0 Å². The second-order valence-electron chi connectivity index (χ2n) is 4.97. The molecule has 0 bridgehead atoms. The van der Waals surface area contributed by atoms with Gasteiger partial charge < -0.3 is 10.5 Å². The molecule has 0 heterocycles. The van der Waals surface area contributed by atoms with Crippen LogP contribution in [-0.4, -0.2) is 6.61 Å². The molecule has 0 fully saturated rings. The van der Waals surface area contributed by atoms with E-state index in [1.807, 2.05) is 60.6 Å². The van der Waals surface area contributed by atoms with E-state index in [-0.39, 0.29) is 11.5 Å². The van der Waals surface area contributed by atoms with Gasteiger partial charge in [0.05, 0.1) is 6.61 Å². The van der Waals surface area contributed by atoms with Crippen molar-refractivity contribution in [2.75, 3.05) is 12.3 Å². The predicted octanol–water partition coefficient (Wildman–Crippen LogP) is 6.01. The number of hydrogen-bond donors (Lipinski definition) is 1. The standard InChI is InChI=1S/C16H17FN2O.2C2H6/c1-4-20-16-13(8-18)14(17)6-10-5-11(19)7-12(9(2)3)15(10)16;2*1-2/h5-7,9H,4,19H2,1-3H3;2*1-2H3. The normalized spacial score (nSPS) is 9.50. The van der Waals surface area contributed by atoms with Crippen molar-refractivity contribution in [3.8, 4) is 11.8 Å². The smallest absolute Gasteiger partial charge is 0.148 e. The molecule has 0 aromatic heterocycles. The average molecular weight is 332 g/mol. The SMILES string of the molecule is CC.CC.CCOc1c(C#N)c(F)cc2cc(N)cc(C(C)C)c12. The highest BCUT2D eigenvalue weighted by Gasteiger charge is 2.19. The van der Waals surface area contributed by atoms with Crippen LogP contribution in [0.2, 0.25) is 0 Å². The number of hydrogen-bond acceptors (Lipinski definition) is 3. The summed E-state index contributed by atoms with van der Waals surface area (Å²) >= 11 is 0. The number of benzene rings is 2. The number of ether oxygens (including phenoxy) is 1. The first kappa shape index (κ1) is 21.7. The number of nitrogen functional groups attached to an aromatic ring is 1. The monoisotopic (exact) mass is 332 g/mol. The third-order valence-electron chi connectivity index (χ3n) is 3.22. The lowest BCUT2D eigenvalue weighted by Crippen LogP contribution is -2.02. The van der Waals surface area contributed by atoms with Crippen LogP contribution >= 0.6 is 0 Å². The predicted molar refractivity (Wildman–Crippen MR) is 101 cm³/mol. The molecule has 24 heavy (non-hydrogen) atoms. The average Bonchev–Trinajstić information content (AvgIpc) is 2.57. The molecule has 4 heteroatoms. The second-order valence-corrected chi connectivity index (χ2v) is 4.97. The van der Waals surface area contributed by atoms with Crippen LogP contribution in [0.1, 0.15) is 65.5 Å². The van der Waals surface area contributed by atoms with E-state index in [0.717, 1.165) is 10.9 Å². The first-order valence-corrected chi connectivity index (χ1v) is 8.58. The van der Waals surface area contributed by atoms with Crippen molar-refractivity contribution in [2.24, 2.45) is 0 Å². The summed E-state index contributed by atoms with van der Waals surface area (Å²) in [5.41, 5.74) is 7.36. The summed E-state index contributed by atoms with van der Waals surface area (Å²) in [7, 11) is 0. The Kier molecular flexibility index (Phi) is 9.49. The molecule has 2 rings (SSSR count). The van der Waals surface area contributed by atoms with Gasteiger partial charge in [-0.2, -0.15) is 5.26 Å². The van der Waals surface area contributed by atoms with Crippen molar-refractivity contribution in [3.63, 3.8) is 0 Å². The minimum absolute atomic E-state index is 0.0500. The van der Waals surface area contributed by atoms with Gasteiger partial charge in [-0.05, 0) is 42.0 Å². The lowest BCUT2D eigenvalue weighted by Gasteiger charge is -2.17. The lowest BCUT2D eigenvalue weighted by molar-refractivity contribution is 0.341. The molecule has 0 saturated heterocycles. The molecule has 132 valence electrons. The maximum absolute atomic E-state index is 14.0. The second kappa shape index (κ2) is 10.5. The van der Waals surface area contributed by atoms with Crippen LogP contribution in [0.3, 0.4) is 0 Å². The molecule has 0 aliphatic carbocycles. The van der Waals surface area contributed by atoms with Crippen molar-refractivity contribution >= 4 is 16.5 Å². The van der Waals surface area contributed by atoms with Crippen molar-refractivity contribution < 1.29 is 9.13 Å². The summed E-state index contributed by atoms with van der Waals surface area (Å²) < 4.78 is 19.6. The fourth-order valence-corrected chi connectivity index (χ4v) is 2.38. The van der Waals surface area contributed by atoms with Gasteiger partial charge in [-0.15, -0.1) is 0 Å². The summed E-state index contributed by atoms with van der Waals surface area (Å²) in [5.74, 6) is -0.0744. The van der Waals surface area contributed by atoms with Gasteiger partial charge in [0.1, 0.15) is 23.2 Å². The molecule has 0 saturated carbocycles. The Hall–Kier alpha value is -2.28. The van der Waals surface area contributed by atoms with Gasteiger partial charge in [-0.25, -0.2) is 4.39 Å². The van der Waals surface area contributed by atoms with Gasteiger partial charge >= 0.3 is 0 Å². The van der Waals surface area contributed by atoms with Crippen molar-refractivity contribution in [1.29, 1.82) is 5.26 Å². The van der Waals surface area contributed by atoms with E-state index in [2.05, 4.69) is 0 Å². The van der Waals surface area contributed by atoms with Crippen LogP contribution in [0.4, 0.5) is 10.1 Å². The van der Waals surface area contributed by atoms with E-state index in [1.165, 1.54) is 6.07 Å². The lowest BCUT2D eigenvalue weighted by atomic mass is 9.93. The van der Waals surface area contributed by atoms with E-state index in [1.54, 1.807) is 6.07 Å². The van der Waals surface area contributed by atoms with E-state index in [4.69, 9.17) is 10.5 Å². The zero-order chi connectivity index (χ0) is 18.9.